The molecule has 1 N–H and O–H groups in total. The normalized spacial score (nSPS) is 21.9. The van der Waals surface area contributed by atoms with Crippen molar-refractivity contribution in [2.75, 3.05) is 26.8 Å². The molecular weight excluding hydrogens is 274 g/mol. The number of hydrogen-bond donors (Lipinski definition) is 1. The molecule has 3 nitrogen and oxygen atoms in total. The van der Waals surface area contributed by atoms with Crippen molar-refractivity contribution in [2.45, 2.75) is 12.5 Å². The fraction of sp³-hybridized carbons (Fsp3) is 0.368. The van der Waals surface area contributed by atoms with E-state index in [0.29, 0.717) is 11.8 Å². The highest BCUT2D eigenvalue weighted by Gasteiger charge is 2.33. The highest BCUT2D eigenvalue weighted by molar-refractivity contribution is 5.31. The maximum atomic E-state index is 9.73. The van der Waals surface area contributed by atoms with E-state index in [1.165, 1.54) is 11.1 Å². The minimum absolute atomic E-state index is 0.238. The van der Waals surface area contributed by atoms with Crippen LogP contribution in [0.4, 0.5) is 0 Å². The molecule has 0 saturated carbocycles. The first-order chi connectivity index (χ1) is 10.8. The van der Waals surface area contributed by atoms with E-state index in [1.54, 1.807) is 7.11 Å². The van der Waals surface area contributed by atoms with Crippen LogP contribution in [0.1, 0.15) is 17.0 Å². The van der Waals surface area contributed by atoms with Crippen molar-refractivity contribution in [3.8, 4) is 5.75 Å². The van der Waals surface area contributed by atoms with Gasteiger partial charge in [-0.2, -0.15) is 0 Å². The summed E-state index contributed by atoms with van der Waals surface area (Å²) in [5.41, 5.74) is 2.62. The summed E-state index contributed by atoms with van der Waals surface area (Å²) in [6.07, 6.45) is 0. The first-order valence-electron chi connectivity index (χ1n) is 7.81. The molecule has 0 amide bonds. The van der Waals surface area contributed by atoms with E-state index in [2.05, 4.69) is 41.3 Å². The van der Waals surface area contributed by atoms with Crippen molar-refractivity contribution in [3.05, 3.63) is 65.7 Å². The number of aliphatic hydroxyl groups is 1. The second-order valence-corrected chi connectivity index (χ2v) is 6.00. The van der Waals surface area contributed by atoms with Gasteiger partial charge < -0.3 is 9.84 Å². The van der Waals surface area contributed by atoms with Gasteiger partial charge in [0.2, 0.25) is 0 Å². The fourth-order valence-electron chi connectivity index (χ4n) is 3.35. The Morgan fingerprint density at radius 2 is 1.77 bits per heavy atom. The van der Waals surface area contributed by atoms with Gasteiger partial charge in [-0.15, -0.1) is 0 Å². The molecule has 2 aromatic carbocycles. The lowest BCUT2D eigenvalue weighted by Crippen LogP contribution is -2.20. The fourth-order valence-corrected chi connectivity index (χ4v) is 3.35. The molecule has 0 aliphatic carbocycles. The first-order valence-corrected chi connectivity index (χ1v) is 7.81. The lowest BCUT2D eigenvalue weighted by Gasteiger charge is -2.17. The van der Waals surface area contributed by atoms with Crippen LogP contribution < -0.4 is 4.74 Å². The van der Waals surface area contributed by atoms with Gasteiger partial charge in [-0.1, -0.05) is 42.5 Å². The zero-order chi connectivity index (χ0) is 15.4. The quantitative estimate of drug-likeness (QED) is 0.921. The van der Waals surface area contributed by atoms with Gasteiger partial charge in [-0.25, -0.2) is 0 Å². The monoisotopic (exact) mass is 297 g/mol. The number of aliphatic hydroxyl groups excluding tert-OH is 1. The van der Waals surface area contributed by atoms with Crippen molar-refractivity contribution in [2.24, 2.45) is 5.92 Å². The van der Waals surface area contributed by atoms with Crippen molar-refractivity contribution in [3.63, 3.8) is 0 Å². The van der Waals surface area contributed by atoms with Crippen LogP contribution in [0.2, 0.25) is 0 Å². The molecule has 1 heterocycles. The Balaban J connectivity index is 1.71. The number of hydrogen-bond acceptors (Lipinski definition) is 3. The van der Waals surface area contributed by atoms with Crippen LogP contribution in [0, 0.1) is 5.92 Å². The summed E-state index contributed by atoms with van der Waals surface area (Å²) < 4.78 is 5.23. The lowest BCUT2D eigenvalue weighted by atomic mass is 9.89. The summed E-state index contributed by atoms with van der Waals surface area (Å²) in [5.74, 6) is 1.57. The third-order valence-electron chi connectivity index (χ3n) is 4.54. The van der Waals surface area contributed by atoms with Gasteiger partial charge in [-0.05, 0) is 23.3 Å². The molecule has 22 heavy (non-hydrogen) atoms. The minimum atomic E-state index is 0.238. The Labute approximate surface area is 132 Å². The highest BCUT2D eigenvalue weighted by atomic mass is 16.5. The average Bonchev–Trinajstić information content (AvgIpc) is 2.99. The van der Waals surface area contributed by atoms with Crippen molar-refractivity contribution < 1.29 is 9.84 Å². The van der Waals surface area contributed by atoms with E-state index in [9.17, 15) is 5.11 Å². The van der Waals surface area contributed by atoms with Crippen molar-refractivity contribution >= 4 is 0 Å². The highest BCUT2D eigenvalue weighted by Crippen LogP contribution is 2.33. The van der Waals surface area contributed by atoms with Crippen molar-refractivity contribution in [1.29, 1.82) is 0 Å². The van der Waals surface area contributed by atoms with E-state index >= 15 is 0 Å². The van der Waals surface area contributed by atoms with Crippen molar-refractivity contribution in [1.82, 2.24) is 4.90 Å². The molecule has 2 atom stereocenters. The summed E-state index contributed by atoms with van der Waals surface area (Å²) in [7, 11) is 1.68. The van der Waals surface area contributed by atoms with E-state index in [-0.39, 0.29) is 6.61 Å². The Morgan fingerprint density at radius 1 is 1.05 bits per heavy atom. The summed E-state index contributed by atoms with van der Waals surface area (Å²) in [6, 6.07) is 18.8. The number of nitrogens with zero attached hydrogens (tertiary/aromatic N) is 1. The average molecular weight is 297 g/mol. The second-order valence-electron chi connectivity index (χ2n) is 6.00. The molecule has 1 fully saturated rings. The number of rotatable bonds is 5. The van der Waals surface area contributed by atoms with Gasteiger partial charge in [0.05, 0.1) is 7.11 Å². The molecule has 0 spiro atoms. The smallest absolute Gasteiger partial charge is 0.118 e. The number of benzene rings is 2. The third-order valence-corrected chi connectivity index (χ3v) is 4.54. The van der Waals surface area contributed by atoms with Crippen LogP contribution in [0.15, 0.2) is 54.6 Å². The molecule has 0 aromatic heterocycles. The standard InChI is InChI=1S/C19H23NO2/c1-22-18-9-7-16(8-10-18)19-13-20(12-17(19)14-21)11-15-5-3-2-4-6-15/h2-10,17,19,21H,11-14H2,1H3/t17-,19+/m1/s1. The summed E-state index contributed by atoms with van der Waals surface area (Å²) in [6.45, 7) is 3.13. The van der Waals surface area contributed by atoms with Crippen LogP contribution in [0.5, 0.6) is 5.75 Å². The zero-order valence-corrected chi connectivity index (χ0v) is 13.0. The summed E-state index contributed by atoms with van der Waals surface area (Å²) >= 11 is 0. The van der Waals surface area contributed by atoms with E-state index in [0.717, 1.165) is 25.4 Å². The van der Waals surface area contributed by atoms with E-state index in [1.807, 2.05) is 18.2 Å². The lowest BCUT2D eigenvalue weighted by molar-refractivity contribution is 0.214. The number of ether oxygens (including phenoxy) is 1. The molecule has 3 rings (SSSR count). The Kier molecular flexibility index (Phi) is 4.76. The zero-order valence-electron chi connectivity index (χ0n) is 13.0. The van der Waals surface area contributed by atoms with E-state index < -0.39 is 0 Å². The molecule has 1 aliphatic heterocycles. The van der Waals surface area contributed by atoms with E-state index in [4.69, 9.17) is 4.74 Å². The Hall–Kier alpha value is -1.84. The third kappa shape index (κ3) is 3.32. The molecule has 1 saturated heterocycles. The van der Waals surface area contributed by atoms with Gasteiger partial charge >= 0.3 is 0 Å². The predicted octanol–water partition coefficient (Wildman–Crippen LogP) is 2.90. The maximum absolute atomic E-state index is 9.73. The predicted molar refractivity (Wildman–Crippen MR) is 88.0 cm³/mol. The first kappa shape index (κ1) is 15.1. The molecule has 2 aromatic rings. The maximum Gasteiger partial charge on any atom is 0.118 e. The van der Waals surface area contributed by atoms with Gasteiger partial charge in [-0.3, -0.25) is 4.90 Å². The molecule has 0 unspecified atom stereocenters. The summed E-state index contributed by atoms with van der Waals surface area (Å²) in [5, 5.41) is 9.73. The van der Waals surface area contributed by atoms with Crippen LogP contribution in [-0.2, 0) is 6.54 Å². The van der Waals surface area contributed by atoms with Gasteiger partial charge in [0.25, 0.3) is 0 Å². The number of likely N-dealkylation sites (tertiary alicyclic amines) is 1. The van der Waals surface area contributed by atoms with Crippen LogP contribution in [0.25, 0.3) is 0 Å². The van der Waals surface area contributed by atoms with Crippen LogP contribution in [-0.4, -0.2) is 36.8 Å². The Bertz CT molecular complexity index is 582. The molecule has 116 valence electrons. The second kappa shape index (κ2) is 6.95. The molecule has 0 radical (unpaired) electrons. The largest absolute Gasteiger partial charge is 0.497 e. The molecule has 1 aliphatic rings. The Morgan fingerprint density at radius 3 is 2.41 bits per heavy atom. The molecular formula is C19H23NO2. The topological polar surface area (TPSA) is 32.7 Å². The van der Waals surface area contributed by atoms with Gasteiger partial charge in [0.1, 0.15) is 5.75 Å². The SMILES string of the molecule is COc1ccc([C@@H]2CN(Cc3ccccc3)C[C@@H]2CO)cc1. The van der Waals surface area contributed by atoms with Crippen LogP contribution >= 0.6 is 0 Å². The molecule has 0 bridgehead atoms. The molecule has 3 heteroatoms. The van der Waals surface area contributed by atoms with Gasteiger partial charge in [0.15, 0.2) is 0 Å². The van der Waals surface area contributed by atoms with Gasteiger partial charge in [0, 0.05) is 38.1 Å². The summed E-state index contributed by atoms with van der Waals surface area (Å²) in [4.78, 5) is 2.44. The number of methoxy groups -OCH3 is 1. The minimum Gasteiger partial charge on any atom is -0.497 e. The van der Waals surface area contributed by atoms with Crippen LogP contribution in [0.3, 0.4) is 0 Å².